The number of hydrogen-bond donors (Lipinski definition) is 1. The van der Waals surface area contributed by atoms with E-state index >= 15 is 0 Å². The highest BCUT2D eigenvalue weighted by atomic mass is 16.2. The third-order valence-corrected chi connectivity index (χ3v) is 3.73. The van der Waals surface area contributed by atoms with E-state index in [9.17, 15) is 9.59 Å². The minimum absolute atomic E-state index is 0.0102. The molecule has 0 bridgehead atoms. The maximum Gasteiger partial charge on any atom is 0.246 e. The lowest BCUT2D eigenvalue weighted by Crippen LogP contribution is -2.61. The van der Waals surface area contributed by atoms with Crippen LogP contribution in [0.25, 0.3) is 0 Å². The predicted octanol–water partition coefficient (Wildman–Crippen LogP) is 0.768. The van der Waals surface area contributed by atoms with Crippen LogP contribution in [0, 0.1) is 11.8 Å². The number of amides is 2. The highest BCUT2D eigenvalue weighted by Gasteiger charge is 2.43. The predicted molar refractivity (Wildman–Crippen MR) is 60.7 cm³/mol. The highest BCUT2D eigenvalue weighted by molar-refractivity contribution is 5.95. The SMILES string of the molecule is CC(C)C(C)N1CC(=O)NC(C2CC2)C1=O. The summed E-state index contributed by atoms with van der Waals surface area (Å²) in [7, 11) is 0. The molecular weight excluding hydrogens is 204 g/mol. The average Bonchev–Trinajstić information content (AvgIpc) is 3.03. The molecule has 4 nitrogen and oxygen atoms in total. The normalized spacial score (nSPS) is 28.2. The van der Waals surface area contributed by atoms with Gasteiger partial charge in [0.1, 0.15) is 6.04 Å². The van der Waals surface area contributed by atoms with Crippen LogP contribution in [0.15, 0.2) is 0 Å². The molecular formula is C12H20N2O2. The summed E-state index contributed by atoms with van der Waals surface area (Å²) in [4.78, 5) is 25.5. The Kier molecular flexibility index (Phi) is 2.91. The van der Waals surface area contributed by atoms with Crippen molar-refractivity contribution >= 4 is 11.8 Å². The average molecular weight is 224 g/mol. The number of rotatable bonds is 3. The Bertz CT molecular complexity index is 310. The Hall–Kier alpha value is -1.06. The van der Waals surface area contributed by atoms with Gasteiger partial charge in [0.05, 0.1) is 6.54 Å². The van der Waals surface area contributed by atoms with Gasteiger partial charge in [0, 0.05) is 6.04 Å². The maximum absolute atomic E-state index is 12.2. The molecule has 2 unspecified atom stereocenters. The lowest BCUT2D eigenvalue weighted by molar-refractivity contribution is -0.147. The number of nitrogens with zero attached hydrogens (tertiary/aromatic N) is 1. The fourth-order valence-corrected chi connectivity index (χ4v) is 2.15. The summed E-state index contributed by atoms with van der Waals surface area (Å²) >= 11 is 0. The molecule has 0 spiro atoms. The van der Waals surface area contributed by atoms with E-state index in [0.717, 1.165) is 12.8 Å². The van der Waals surface area contributed by atoms with E-state index < -0.39 is 0 Å². The van der Waals surface area contributed by atoms with Crippen LogP contribution in [0.5, 0.6) is 0 Å². The molecule has 1 saturated carbocycles. The third-order valence-electron chi connectivity index (χ3n) is 3.73. The quantitative estimate of drug-likeness (QED) is 0.769. The zero-order valence-electron chi connectivity index (χ0n) is 10.2. The van der Waals surface area contributed by atoms with Crippen molar-refractivity contribution in [2.45, 2.75) is 45.7 Å². The third kappa shape index (κ3) is 2.06. The molecule has 90 valence electrons. The largest absolute Gasteiger partial charge is 0.342 e. The van der Waals surface area contributed by atoms with Gasteiger partial charge in [-0.15, -0.1) is 0 Å². The molecule has 1 aliphatic heterocycles. The first-order valence-corrected chi connectivity index (χ1v) is 6.10. The molecule has 0 radical (unpaired) electrons. The van der Waals surface area contributed by atoms with E-state index in [1.54, 1.807) is 4.90 Å². The van der Waals surface area contributed by atoms with Crippen LogP contribution in [0.4, 0.5) is 0 Å². The first-order chi connectivity index (χ1) is 7.50. The summed E-state index contributed by atoms with van der Waals surface area (Å²) in [5.74, 6) is 0.876. The second-order valence-electron chi connectivity index (χ2n) is 5.33. The maximum atomic E-state index is 12.2. The van der Waals surface area contributed by atoms with E-state index in [2.05, 4.69) is 19.2 Å². The smallest absolute Gasteiger partial charge is 0.246 e. The van der Waals surface area contributed by atoms with Crippen molar-refractivity contribution in [1.82, 2.24) is 10.2 Å². The molecule has 0 aromatic rings. The Morgan fingerprint density at radius 1 is 1.25 bits per heavy atom. The van der Waals surface area contributed by atoms with Gasteiger partial charge < -0.3 is 10.2 Å². The Morgan fingerprint density at radius 2 is 1.88 bits per heavy atom. The number of nitrogens with one attached hydrogen (secondary N) is 1. The summed E-state index contributed by atoms with van der Waals surface area (Å²) in [6.07, 6.45) is 2.14. The number of hydrogen-bond acceptors (Lipinski definition) is 2. The molecule has 2 fully saturated rings. The molecule has 2 amide bonds. The fraction of sp³-hybridized carbons (Fsp3) is 0.833. The fourth-order valence-electron chi connectivity index (χ4n) is 2.15. The first-order valence-electron chi connectivity index (χ1n) is 6.10. The van der Waals surface area contributed by atoms with Gasteiger partial charge in [0.2, 0.25) is 11.8 Å². The molecule has 2 aliphatic rings. The minimum Gasteiger partial charge on any atom is -0.342 e. The van der Waals surface area contributed by atoms with Crippen LogP contribution >= 0.6 is 0 Å². The van der Waals surface area contributed by atoms with E-state index in [4.69, 9.17) is 0 Å². The summed E-state index contributed by atoms with van der Waals surface area (Å²) in [5.41, 5.74) is 0. The molecule has 0 aromatic carbocycles. The zero-order chi connectivity index (χ0) is 11.9. The van der Waals surface area contributed by atoms with Gasteiger partial charge in [-0.3, -0.25) is 9.59 Å². The molecule has 16 heavy (non-hydrogen) atoms. The van der Waals surface area contributed by atoms with Crippen molar-refractivity contribution in [3.05, 3.63) is 0 Å². The van der Waals surface area contributed by atoms with Crippen LogP contribution in [0.2, 0.25) is 0 Å². The van der Waals surface area contributed by atoms with Crippen LogP contribution in [0.1, 0.15) is 33.6 Å². The van der Waals surface area contributed by atoms with E-state index in [1.165, 1.54) is 0 Å². The van der Waals surface area contributed by atoms with Crippen molar-refractivity contribution in [1.29, 1.82) is 0 Å². The highest BCUT2D eigenvalue weighted by Crippen LogP contribution is 2.34. The monoisotopic (exact) mass is 224 g/mol. The van der Waals surface area contributed by atoms with E-state index in [1.807, 2.05) is 6.92 Å². The van der Waals surface area contributed by atoms with E-state index in [0.29, 0.717) is 11.8 Å². The Balaban J connectivity index is 2.11. The Morgan fingerprint density at radius 3 is 2.38 bits per heavy atom. The molecule has 2 rings (SSSR count). The molecule has 1 saturated heterocycles. The van der Waals surface area contributed by atoms with Gasteiger partial charge in [-0.1, -0.05) is 13.8 Å². The zero-order valence-corrected chi connectivity index (χ0v) is 10.2. The summed E-state index contributed by atoms with van der Waals surface area (Å²) < 4.78 is 0. The second-order valence-corrected chi connectivity index (χ2v) is 5.33. The summed E-state index contributed by atoms with van der Waals surface area (Å²) in [6.45, 7) is 6.40. The van der Waals surface area contributed by atoms with Crippen molar-refractivity contribution in [2.75, 3.05) is 6.54 Å². The van der Waals surface area contributed by atoms with E-state index in [-0.39, 0.29) is 30.4 Å². The van der Waals surface area contributed by atoms with Gasteiger partial charge in [-0.25, -0.2) is 0 Å². The number of carbonyl (C=O) groups is 2. The molecule has 2 atom stereocenters. The first kappa shape index (κ1) is 11.4. The minimum atomic E-state index is -0.248. The Labute approximate surface area is 96.4 Å². The van der Waals surface area contributed by atoms with Crippen molar-refractivity contribution < 1.29 is 9.59 Å². The lowest BCUT2D eigenvalue weighted by atomic mass is 10.0. The second kappa shape index (κ2) is 4.07. The lowest BCUT2D eigenvalue weighted by Gasteiger charge is -2.38. The van der Waals surface area contributed by atoms with Crippen LogP contribution in [-0.4, -0.2) is 35.3 Å². The number of piperazine rings is 1. The molecule has 0 aromatic heterocycles. The van der Waals surface area contributed by atoms with Crippen LogP contribution in [-0.2, 0) is 9.59 Å². The van der Waals surface area contributed by atoms with Crippen molar-refractivity contribution in [3.8, 4) is 0 Å². The van der Waals surface area contributed by atoms with Crippen molar-refractivity contribution in [3.63, 3.8) is 0 Å². The van der Waals surface area contributed by atoms with Gasteiger partial charge in [-0.2, -0.15) is 0 Å². The molecule has 4 heteroatoms. The van der Waals surface area contributed by atoms with Gasteiger partial charge in [0.15, 0.2) is 0 Å². The molecule has 1 aliphatic carbocycles. The van der Waals surface area contributed by atoms with Crippen molar-refractivity contribution in [2.24, 2.45) is 11.8 Å². The van der Waals surface area contributed by atoms with Crippen LogP contribution < -0.4 is 5.32 Å². The topological polar surface area (TPSA) is 49.4 Å². The van der Waals surface area contributed by atoms with Crippen LogP contribution in [0.3, 0.4) is 0 Å². The summed E-state index contributed by atoms with van der Waals surface area (Å²) in [6, 6.07) is -0.109. The molecule has 1 N–H and O–H groups in total. The molecule has 1 heterocycles. The van der Waals surface area contributed by atoms with Gasteiger partial charge in [0.25, 0.3) is 0 Å². The van der Waals surface area contributed by atoms with Gasteiger partial charge in [-0.05, 0) is 31.6 Å². The summed E-state index contributed by atoms with van der Waals surface area (Å²) in [5, 5.41) is 2.82. The van der Waals surface area contributed by atoms with Gasteiger partial charge >= 0.3 is 0 Å². The number of carbonyl (C=O) groups excluding carboxylic acids is 2. The standard InChI is InChI=1S/C12H20N2O2/c1-7(2)8(3)14-6-10(15)13-11(12(14)16)9-4-5-9/h7-9,11H,4-6H2,1-3H3,(H,13,15).